The molecule has 2 rings (SSSR count). The monoisotopic (exact) mass is 281 g/mol. The molecule has 0 saturated carbocycles. The minimum absolute atomic E-state index is 0.156. The third kappa shape index (κ3) is 3.72. The summed E-state index contributed by atoms with van der Waals surface area (Å²) in [5.74, 6) is 0.878. The Bertz CT molecular complexity index is 439. The first-order chi connectivity index (χ1) is 9.60. The zero-order valence-electron chi connectivity index (χ0n) is 12.4. The molecule has 1 amide bonds. The molecular weight excluding hydrogens is 258 g/mol. The average Bonchev–Trinajstić information content (AvgIpc) is 2.71. The number of nitrogens with zero attached hydrogens (tertiary/aromatic N) is 2. The number of nitrogens with one attached hydrogen (secondary N) is 1. The lowest BCUT2D eigenvalue weighted by Gasteiger charge is -2.32. The van der Waals surface area contributed by atoms with Gasteiger partial charge in [-0.25, -0.2) is 4.79 Å². The van der Waals surface area contributed by atoms with E-state index in [0.29, 0.717) is 6.61 Å². The Morgan fingerprint density at radius 1 is 1.55 bits per heavy atom. The summed E-state index contributed by atoms with van der Waals surface area (Å²) in [6.45, 7) is 8.80. The van der Waals surface area contributed by atoms with Crippen LogP contribution in [-0.4, -0.2) is 41.9 Å². The van der Waals surface area contributed by atoms with E-state index in [4.69, 9.17) is 9.26 Å². The van der Waals surface area contributed by atoms with Crippen molar-refractivity contribution in [1.82, 2.24) is 15.4 Å². The van der Waals surface area contributed by atoms with E-state index in [-0.39, 0.29) is 12.1 Å². The molecular formula is C14H23N3O3. The van der Waals surface area contributed by atoms with E-state index in [1.54, 1.807) is 0 Å². The number of hydrogen-bond acceptors (Lipinski definition) is 5. The predicted octanol–water partition coefficient (Wildman–Crippen LogP) is 2.00. The molecule has 1 aromatic heterocycles. The van der Waals surface area contributed by atoms with Crippen LogP contribution in [0.15, 0.2) is 4.52 Å². The molecule has 6 nitrogen and oxygen atoms in total. The molecule has 1 aliphatic heterocycles. The summed E-state index contributed by atoms with van der Waals surface area (Å²) < 4.78 is 10.1. The van der Waals surface area contributed by atoms with Crippen LogP contribution in [0, 0.1) is 13.8 Å². The molecule has 1 fully saturated rings. The van der Waals surface area contributed by atoms with Gasteiger partial charge in [-0.1, -0.05) is 5.16 Å². The maximum Gasteiger partial charge on any atom is 0.407 e. The second kappa shape index (κ2) is 6.74. The fourth-order valence-corrected chi connectivity index (χ4v) is 2.61. The fraction of sp³-hybridized carbons (Fsp3) is 0.714. The van der Waals surface area contributed by atoms with Crippen molar-refractivity contribution in [1.29, 1.82) is 0 Å². The average molecular weight is 281 g/mol. The van der Waals surface area contributed by atoms with Crippen LogP contribution in [0.2, 0.25) is 0 Å². The normalized spacial score (nSPS) is 19.9. The van der Waals surface area contributed by atoms with Crippen molar-refractivity contribution in [2.45, 2.75) is 46.2 Å². The van der Waals surface area contributed by atoms with Gasteiger partial charge in [0, 0.05) is 24.7 Å². The number of alkyl carbamates (subject to hydrolysis) is 1. The number of ether oxygens (including phenoxy) is 1. The molecule has 0 radical (unpaired) electrons. The summed E-state index contributed by atoms with van der Waals surface area (Å²) in [5.41, 5.74) is 2.10. The standard InChI is InChI=1S/C14H23N3O3/c1-4-19-14(18)15-12-6-5-7-17(8-12)9-13-10(2)16-20-11(13)3/h12H,4-9H2,1-3H3,(H,15,18)/t12-/m0/s1. The van der Waals surface area contributed by atoms with Gasteiger partial charge in [0.2, 0.25) is 0 Å². The molecule has 1 N–H and O–H groups in total. The number of piperidine rings is 1. The highest BCUT2D eigenvalue weighted by Gasteiger charge is 2.23. The van der Waals surface area contributed by atoms with Gasteiger partial charge in [-0.3, -0.25) is 4.90 Å². The van der Waals surface area contributed by atoms with Crippen molar-refractivity contribution in [2.24, 2.45) is 0 Å². The number of carbonyl (C=O) groups excluding carboxylic acids is 1. The van der Waals surface area contributed by atoms with Gasteiger partial charge in [0.25, 0.3) is 0 Å². The van der Waals surface area contributed by atoms with Crippen LogP contribution in [0.3, 0.4) is 0 Å². The van der Waals surface area contributed by atoms with E-state index < -0.39 is 0 Å². The molecule has 2 heterocycles. The molecule has 1 aliphatic rings. The van der Waals surface area contributed by atoms with Crippen molar-refractivity contribution < 1.29 is 14.1 Å². The summed E-state index contributed by atoms with van der Waals surface area (Å²) in [4.78, 5) is 13.8. The molecule has 0 aromatic carbocycles. The van der Waals surface area contributed by atoms with Gasteiger partial charge in [0.05, 0.1) is 12.3 Å². The van der Waals surface area contributed by atoms with E-state index in [2.05, 4.69) is 15.4 Å². The van der Waals surface area contributed by atoms with Crippen LogP contribution < -0.4 is 5.32 Å². The van der Waals surface area contributed by atoms with Crippen molar-refractivity contribution in [2.75, 3.05) is 19.7 Å². The van der Waals surface area contributed by atoms with Gasteiger partial charge >= 0.3 is 6.09 Å². The Hall–Kier alpha value is -1.56. The van der Waals surface area contributed by atoms with Crippen molar-refractivity contribution in [3.8, 4) is 0 Å². The molecule has 0 unspecified atom stereocenters. The first kappa shape index (κ1) is 14.8. The lowest BCUT2D eigenvalue weighted by atomic mass is 10.0. The molecule has 1 atom stereocenters. The zero-order valence-corrected chi connectivity index (χ0v) is 12.4. The van der Waals surface area contributed by atoms with Gasteiger partial charge in [-0.2, -0.15) is 0 Å². The third-order valence-electron chi connectivity index (χ3n) is 3.67. The molecule has 20 heavy (non-hydrogen) atoms. The number of likely N-dealkylation sites (tertiary alicyclic amines) is 1. The molecule has 6 heteroatoms. The number of rotatable bonds is 4. The quantitative estimate of drug-likeness (QED) is 0.914. The maximum absolute atomic E-state index is 11.5. The Morgan fingerprint density at radius 2 is 2.35 bits per heavy atom. The van der Waals surface area contributed by atoms with Crippen molar-refractivity contribution >= 4 is 6.09 Å². The molecule has 1 saturated heterocycles. The Labute approximate surface area is 119 Å². The van der Waals surface area contributed by atoms with Crippen molar-refractivity contribution in [3.05, 3.63) is 17.0 Å². The van der Waals surface area contributed by atoms with E-state index in [0.717, 1.165) is 49.5 Å². The highest BCUT2D eigenvalue weighted by Crippen LogP contribution is 2.18. The Kier molecular flexibility index (Phi) is 5.00. The van der Waals surface area contributed by atoms with E-state index in [9.17, 15) is 4.79 Å². The molecule has 112 valence electrons. The minimum Gasteiger partial charge on any atom is -0.450 e. The van der Waals surface area contributed by atoms with Crippen LogP contribution in [0.5, 0.6) is 0 Å². The minimum atomic E-state index is -0.323. The Balaban J connectivity index is 1.89. The Morgan fingerprint density at radius 3 is 3.00 bits per heavy atom. The number of aryl methyl sites for hydroxylation is 2. The largest absolute Gasteiger partial charge is 0.450 e. The number of carbonyl (C=O) groups is 1. The third-order valence-corrected chi connectivity index (χ3v) is 3.67. The highest BCUT2D eigenvalue weighted by molar-refractivity contribution is 5.67. The van der Waals surface area contributed by atoms with Crippen LogP contribution in [-0.2, 0) is 11.3 Å². The summed E-state index contributed by atoms with van der Waals surface area (Å²) in [5, 5.41) is 6.90. The van der Waals surface area contributed by atoms with Crippen LogP contribution in [0.1, 0.15) is 36.8 Å². The first-order valence-corrected chi connectivity index (χ1v) is 7.17. The number of amides is 1. The second-order valence-electron chi connectivity index (χ2n) is 5.24. The van der Waals surface area contributed by atoms with Gasteiger partial charge < -0.3 is 14.6 Å². The number of aromatic nitrogens is 1. The first-order valence-electron chi connectivity index (χ1n) is 7.17. The molecule has 0 aliphatic carbocycles. The van der Waals surface area contributed by atoms with Crippen molar-refractivity contribution in [3.63, 3.8) is 0 Å². The summed E-state index contributed by atoms with van der Waals surface area (Å²) in [6.07, 6.45) is 1.74. The summed E-state index contributed by atoms with van der Waals surface area (Å²) in [6, 6.07) is 0.156. The van der Waals surface area contributed by atoms with Crippen LogP contribution in [0.4, 0.5) is 4.79 Å². The van der Waals surface area contributed by atoms with Gasteiger partial charge in [0.1, 0.15) is 5.76 Å². The lowest BCUT2D eigenvalue weighted by molar-refractivity contribution is 0.132. The van der Waals surface area contributed by atoms with Gasteiger partial charge in [-0.05, 0) is 40.2 Å². The molecule has 0 bridgehead atoms. The lowest BCUT2D eigenvalue weighted by Crippen LogP contribution is -2.47. The molecule has 0 spiro atoms. The van der Waals surface area contributed by atoms with Crippen LogP contribution >= 0.6 is 0 Å². The summed E-state index contributed by atoms with van der Waals surface area (Å²) in [7, 11) is 0. The molecule has 1 aromatic rings. The topological polar surface area (TPSA) is 67.6 Å². The number of hydrogen-bond donors (Lipinski definition) is 1. The summed E-state index contributed by atoms with van der Waals surface area (Å²) >= 11 is 0. The highest BCUT2D eigenvalue weighted by atomic mass is 16.5. The zero-order chi connectivity index (χ0) is 14.5. The smallest absolute Gasteiger partial charge is 0.407 e. The fourth-order valence-electron chi connectivity index (χ4n) is 2.61. The van der Waals surface area contributed by atoms with E-state index in [1.165, 1.54) is 0 Å². The van der Waals surface area contributed by atoms with Gasteiger partial charge in [0.15, 0.2) is 0 Å². The van der Waals surface area contributed by atoms with E-state index in [1.807, 2.05) is 20.8 Å². The van der Waals surface area contributed by atoms with E-state index >= 15 is 0 Å². The SMILES string of the molecule is CCOC(=O)N[C@H]1CCCN(Cc2c(C)noc2C)C1. The second-order valence-corrected chi connectivity index (χ2v) is 5.24. The maximum atomic E-state index is 11.5. The van der Waals surface area contributed by atoms with Crippen LogP contribution in [0.25, 0.3) is 0 Å². The predicted molar refractivity (Wildman–Crippen MR) is 74.4 cm³/mol. The van der Waals surface area contributed by atoms with Gasteiger partial charge in [-0.15, -0.1) is 0 Å².